The average Bonchev–Trinajstić information content (AvgIpc) is 3.02. The summed E-state index contributed by atoms with van der Waals surface area (Å²) in [4.78, 5) is 25.0. The van der Waals surface area contributed by atoms with Gasteiger partial charge in [-0.15, -0.1) is 11.8 Å². The summed E-state index contributed by atoms with van der Waals surface area (Å²) in [5.74, 6) is -0.682. The van der Waals surface area contributed by atoms with Gasteiger partial charge in [-0.05, 0) is 35.7 Å². The Labute approximate surface area is 149 Å². The van der Waals surface area contributed by atoms with Gasteiger partial charge in [-0.3, -0.25) is 9.59 Å². The topological polar surface area (TPSA) is 55.4 Å². The first-order valence-electron chi connectivity index (χ1n) is 7.54. The molecule has 2 aromatic rings. The average molecular weight is 362 g/mol. The van der Waals surface area contributed by atoms with Crippen molar-refractivity contribution in [3.05, 3.63) is 64.7 Å². The third-order valence-electron chi connectivity index (χ3n) is 3.63. The van der Waals surface area contributed by atoms with Gasteiger partial charge < -0.3 is 10.1 Å². The van der Waals surface area contributed by atoms with Crippen LogP contribution in [0.1, 0.15) is 11.1 Å². The lowest BCUT2D eigenvalue weighted by atomic mass is 10.1. The summed E-state index contributed by atoms with van der Waals surface area (Å²) in [6.07, 6.45) is 0.643. The first kappa shape index (κ1) is 16.9. The van der Waals surface area contributed by atoms with E-state index in [1.165, 1.54) is 11.8 Å². The molecule has 24 heavy (non-hydrogen) atoms. The molecule has 1 N–H and O–H groups in total. The number of thioether (sulfide) groups is 1. The van der Waals surface area contributed by atoms with Crippen LogP contribution in [-0.2, 0) is 27.3 Å². The number of fused-ring (bicyclic) bond motifs is 1. The van der Waals surface area contributed by atoms with Gasteiger partial charge in [0.05, 0.1) is 0 Å². The lowest BCUT2D eigenvalue weighted by molar-refractivity contribution is -0.147. The second-order valence-electron chi connectivity index (χ2n) is 5.43. The maximum absolute atomic E-state index is 12.1. The van der Waals surface area contributed by atoms with Gasteiger partial charge in [0.1, 0.15) is 5.25 Å². The van der Waals surface area contributed by atoms with E-state index in [2.05, 4.69) is 5.32 Å². The lowest BCUT2D eigenvalue weighted by Gasteiger charge is -2.10. The molecule has 1 aliphatic rings. The Balaban J connectivity index is 1.43. The van der Waals surface area contributed by atoms with Crippen molar-refractivity contribution < 1.29 is 14.3 Å². The molecule has 0 aliphatic carbocycles. The van der Waals surface area contributed by atoms with Crippen molar-refractivity contribution in [1.82, 2.24) is 5.32 Å². The minimum absolute atomic E-state index is 0.271. The number of ether oxygens (including phenoxy) is 1. The Kier molecular flexibility index (Phi) is 5.43. The predicted octanol–water partition coefficient (Wildman–Crippen LogP) is 3.22. The molecule has 1 heterocycles. The lowest BCUT2D eigenvalue weighted by Crippen LogP contribution is -2.30. The summed E-state index contributed by atoms with van der Waals surface area (Å²) < 4.78 is 5.13. The van der Waals surface area contributed by atoms with E-state index in [-0.39, 0.29) is 23.7 Å². The Morgan fingerprint density at radius 1 is 1.21 bits per heavy atom. The third-order valence-corrected chi connectivity index (χ3v) is 5.17. The van der Waals surface area contributed by atoms with Gasteiger partial charge >= 0.3 is 5.97 Å². The molecular weight excluding hydrogens is 346 g/mol. The second kappa shape index (κ2) is 7.73. The SMILES string of the molecule is O=C(COC(=O)C1Cc2ccccc2S1)NCc1cccc(Cl)c1. The number of amides is 1. The molecule has 1 amide bonds. The molecule has 0 aromatic heterocycles. The minimum atomic E-state index is -0.353. The Morgan fingerprint density at radius 3 is 2.83 bits per heavy atom. The van der Waals surface area contributed by atoms with Gasteiger partial charge in [-0.1, -0.05) is 41.9 Å². The molecule has 0 saturated heterocycles. The van der Waals surface area contributed by atoms with Gasteiger partial charge in [-0.25, -0.2) is 0 Å². The maximum atomic E-state index is 12.1. The monoisotopic (exact) mass is 361 g/mol. The number of nitrogens with one attached hydrogen (secondary N) is 1. The van der Waals surface area contributed by atoms with Crippen LogP contribution < -0.4 is 5.32 Å². The Bertz CT molecular complexity index is 740. The van der Waals surface area contributed by atoms with Crippen molar-refractivity contribution in [3.8, 4) is 0 Å². The van der Waals surface area contributed by atoms with Crippen molar-refractivity contribution in [1.29, 1.82) is 0 Å². The fourth-order valence-corrected chi connectivity index (χ4v) is 3.85. The van der Waals surface area contributed by atoms with Crippen molar-refractivity contribution in [2.24, 2.45) is 0 Å². The Hall–Kier alpha value is -1.98. The maximum Gasteiger partial charge on any atom is 0.320 e. The summed E-state index contributed by atoms with van der Waals surface area (Å²) in [7, 11) is 0. The first-order valence-corrected chi connectivity index (χ1v) is 8.80. The van der Waals surface area contributed by atoms with Crippen LogP contribution in [0.3, 0.4) is 0 Å². The molecule has 0 saturated carbocycles. The van der Waals surface area contributed by atoms with Crippen molar-refractivity contribution in [2.45, 2.75) is 23.1 Å². The third kappa shape index (κ3) is 4.30. The van der Waals surface area contributed by atoms with Gasteiger partial charge in [0.15, 0.2) is 6.61 Å². The number of rotatable bonds is 5. The quantitative estimate of drug-likeness (QED) is 0.831. The van der Waals surface area contributed by atoms with E-state index in [1.807, 2.05) is 36.4 Å². The molecular formula is C18H16ClNO3S. The minimum Gasteiger partial charge on any atom is -0.455 e. The van der Waals surface area contributed by atoms with E-state index >= 15 is 0 Å². The van der Waals surface area contributed by atoms with Crippen molar-refractivity contribution in [2.75, 3.05) is 6.61 Å². The molecule has 6 heteroatoms. The fourth-order valence-electron chi connectivity index (χ4n) is 2.44. The molecule has 0 radical (unpaired) electrons. The number of halogens is 1. The molecule has 1 atom stereocenters. The van der Waals surface area contributed by atoms with Crippen LogP contribution in [0.2, 0.25) is 5.02 Å². The van der Waals surface area contributed by atoms with Crippen LogP contribution in [0, 0.1) is 0 Å². The summed E-state index contributed by atoms with van der Waals surface area (Å²) in [6, 6.07) is 15.1. The first-order chi connectivity index (χ1) is 11.6. The molecule has 0 fully saturated rings. The van der Waals surface area contributed by atoms with Crippen molar-refractivity contribution >= 4 is 35.2 Å². The molecule has 124 valence electrons. The highest BCUT2D eigenvalue weighted by Crippen LogP contribution is 2.37. The van der Waals surface area contributed by atoms with E-state index < -0.39 is 0 Å². The van der Waals surface area contributed by atoms with E-state index in [4.69, 9.17) is 16.3 Å². The number of hydrogen-bond donors (Lipinski definition) is 1. The number of carbonyl (C=O) groups is 2. The number of carbonyl (C=O) groups excluding carboxylic acids is 2. The molecule has 0 bridgehead atoms. The van der Waals surface area contributed by atoms with E-state index in [1.54, 1.807) is 12.1 Å². The normalized spacial score (nSPS) is 15.6. The Morgan fingerprint density at radius 2 is 2.04 bits per heavy atom. The summed E-state index contributed by atoms with van der Waals surface area (Å²) in [5.41, 5.74) is 2.04. The van der Waals surface area contributed by atoms with Crippen LogP contribution in [0.5, 0.6) is 0 Å². The zero-order valence-electron chi connectivity index (χ0n) is 12.8. The van der Waals surface area contributed by atoms with E-state index in [0.29, 0.717) is 18.0 Å². The molecule has 1 aliphatic heterocycles. The molecule has 3 rings (SSSR count). The highest BCUT2D eigenvalue weighted by molar-refractivity contribution is 8.01. The number of hydrogen-bond acceptors (Lipinski definition) is 4. The van der Waals surface area contributed by atoms with Gasteiger partial charge in [-0.2, -0.15) is 0 Å². The zero-order chi connectivity index (χ0) is 16.9. The number of benzene rings is 2. The zero-order valence-corrected chi connectivity index (χ0v) is 14.4. The van der Waals surface area contributed by atoms with E-state index in [9.17, 15) is 9.59 Å². The number of esters is 1. The molecule has 0 spiro atoms. The molecule has 4 nitrogen and oxygen atoms in total. The largest absolute Gasteiger partial charge is 0.455 e. The highest BCUT2D eigenvalue weighted by atomic mass is 35.5. The molecule has 1 unspecified atom stereocenters. The van der Waals surface area contributed by atoms with Crippen LogP contribution in [0.4, 0.5) is 0 Å². The summed E-state index contributed by atoms with van der Waals surface area (Å²) in [5, 5.41) is 3.05. The summed E-state index contributed by atoms with van der Waals surface area (Å²) >= 11 is 7.38. The van der Waals surface area contributed by atoms with Crippen molar-refractivity contribution in [3.63, 3.8) is 0 Å². The van der Waals surface area contributed by atoms with Crippen LogP contribution in [0.25, 0.3) is 0 Å². The highest BCUT2D eigenvalue weighted by Gasteiger charge is 2.29. The van der Waals surface area contributed by atoms with E-state index in [0.717, 1.165) is 16.0 Å². The smallest absolute Gasteiger partial charge is 0.320 e. The predicted molar refractivity (Wildman–Crippen MR) is 94.0 cm³/mol. The van der Waals surface area contributed by atoms with Gasteiger partial charge in [0.25, 0.3) is 5.91 Å². The molecule has 2 aromatic carbocycles. The second-order valence-corrected chi connectivity index (χ2v) is 7.11. The summed E-state index contributed by atoms with van der Waals surface area (Å²) in [6.45, 7) is 0.0768. The van der Waals surface area contributed by atoms with Gasteiger partial charge in [0, 0.05) is 16.5 Å². The van der Waals surface area contributed by atoms with Crippen LogP contribution >= 0.6 is 23.4 Å². The van der Waals surface area contributed by atoms with Crippen LogP contribution in [-0.4, -0.2) is 23.7 Å². The van der Waals surface area contributed by atoms with Crippen LogP contribution in [0.15, 0.2) is 53.4 Å². The standard InChI is InChI=1S/C18H16ClNO3S/c19-14-6-3-4-12(8-14)10-20-17(21)11-23-18(22)16-9-13-5-1-2-7-15(13)24-16/h1-8,16H,9-11H2,(H,20,21). The van der Waals surface area contributed by atoms with Gasteiger partial charge in [0.2, 0.25) is 0 Å². The fraction of sp³-hybridized carbons (Fsp3) is 0.222.